The van der Waals surface area contributed by atoms with Crippen molar-refractivity contribution in [3.05, 3.63) is 0 Å². The second kappa shape index (κ2) is 7.75. The van der Waals surface area contributed by atoms with E-state index in [4.69, 9.17) is 4.74 Å². The van der Waals surface area contributed by atoms with Gasteiger partial charge in [-0.3, -0.25) is 4.79 Å². The van der Waals surface area contributed by atoms with E-state index >= 15 is 0 Å². The number of nitrogens with one attached hydrogen (secondary N) is 1. The number of rotatable bonds is 9. The van der Waals surface area contributed by atoms with Crippen LogP contribution in [0.4, 0.5) is 0 Å². The Hall–Kier alpha value is -0.650. The standard InChI is InChI=1S/C17H32N2O3/c1-3-9-18-12-16(14-22-2)7-10-19(11-8-16)13-17(15(20)21)5-4-6-17/h18H,3-14H2,1-2H3,(H,20,21). The maximum absolute atomic E-state index is 11.5. The van der Waals surface area contributed by atoms with Gasteiger partial charge in [0.1, 0.15) is 0 Å². The number of methoxy groups -OCH3 is 1. The van der Waals surface area contributed by atoms with Gasteiger partial charge >= 0.3 is 5.97 Å². The first-order valence-corrected chi connectivity index (χ1v) is 8.71. The smallest absolute Gasteiger partial charge is 0.310 e. The number of ether oxygens (including phenoxy) is 1. The third-order valence-electron chi connectivity index (χ3n) is 5.58. The normalized spacial score (nSPS) is 23.9. The van der Waals surface area contributed by atoms with E-state index in [-0.39, 0.29) is 5.41 Å². The topological polar surface area (TPSA) is 61.8 Å². The first-order valence-electron chi connectivity index (χ1n) is 8.71. The Morgan fingerprint density at radius 1 is 1.27 bits per heavy atom. The number of aliphatic carboxylic acids is 1. The Kier molecular flexibility index (Phi) is 6.24. The first-order chi connectivity index (χ1) is 10.6. The van der Waals surface area contributed by atoms with Gasteiger partial charge in [-0.1, -0.05) is 13.3 Å². The lowest BCUT2D eigenvalue weighted by Crippen LogP contribution is -2.53. The Morgan fingerprint density at radius 3 is 2.41 bits per heavy atom. The van der Waals surface area contributed by atoms with E-state index in [0.717, 1.165) is 77.9 Å². The van der Waals surface area contributed by atoms with Gasteiger partial charge in [0.05, 0.1) is 12.0 Å². The molecule has 0 aromatic rings. The summed E-state index contributed by atoms with van der Waals surface area (Å²) in [4.78, 5) is 13.9. The molecular formula is C17H32N2O3. The van der Waals surface area contributed by atoms with E-state index in [1.165, 1.54) is 0 Å². The van der Waals surface area contributed by atoms with Crippen molar-refractivity contribution in [1.29, 1.82) is 0 Å². The van der Waals surface area contributed by atoms with Crippen LogP contribution in [0.1, 0.15) is 45.4 Å². The van der Waals surface area contributed by atoms with E-state index in [9.17, 15) is 9.90 Å². The fourth-order valence-corrected chi connectivity index (χ4v) is 3.87. The van der Waals surface area contributed by atoms with Crippen LogP contribution < -0.4 is 5.32 Å². The fourth-order valence-electron chi connectivity index (χ4n) is 3.87. The minimum absolute atomic E-state index is 0.219. The van der Waals surface area contributed by atoms with Crippen molar-refractivity contribution in [2.24, 2.45) is 10.8 Å². The predicted octanol–water partition coefficient (Wildman–Crippen LogP) is 1.97. The van der Waals surface area contributed by atoms with Gasteiger partial charge in [-0.25, -0.2) is 0 Å². The van der Waals surface area contributed by atoms with Crippen molar-refractivity contribution < 1.29 is 14.6 Å². The monoisotopic (exact) mass is 312 g/mol. The number of nitrogens with zero attached hydrogens (tertiary/aromatic N) is 1. The van der Waals surface area contributed by atoms with Gasteiger partial charge in [-0.2, -0.15) is 0 Å². The fraction of sp³-hybridized carbons (Fsp3) is 0.941. The number of hydrogen-bond donors (Lipinski definition) is 2. The molecule has 1 aliphatic heterocycles. The van der Waals surface area contributed by atoms with Gasteiger partial charge in [-0.15, -0.1) is 0 Å². The molecule has 2 fully saturated rings. The third kappa shape index (κ3) is 4.00. The van der Waals surface area contributed by atoms with Crippen LogP contribution in [0.15, 0.2) is 0 Å². The zero-order valence-corrected chi connectivity index (χ0v) is 14.2. The molecule has 2 rings (SSSR count). The lowest BCUT2D eigenvalue weighted by molar-refractivity contribution is -0.156. The number of piperidine rings is 1. The van der Waals surface area contributed by atoms with E-state index in [1.807, 2.05) is 0 Å². The summed E-state index contributed by atoms with van der Waals surface area (Å²) < 4.78 is 5.47. The molecule has 1 saturated carbocycles. The molecule has 0 amide bonds. The second-order valence-corrected chi connectivity index (χ2v) is 7.32. The van der Waals surface area contributed by atoms with Crippen LogP contribution in [0.3, 0.4) is 0 Å². The van der Waals surface area contributed by atoms with E-state index in [1.54, 1.807) is 7.11 Å². The molecule has 5 nitrogen and oxygen atoms in total. The Morgan fingerprint density at radius 2 is 1.95 bits per heavy atom. The minimum atomic E-state index is -0.600. The van der Waals surface area contributed by atoms with Crippen molar-refractivity contribution in [1.82, 2.24) is 10.2 Å². The van der Waals surface area contributed by atoms with E-state index in [2.05, 4.69) is 17.1 Å². The van der Waals surface area contributed by atoms with Crippen molar-refractivity contribution in [3.63, 3.8) is 0 Å². The molecule has 0 atom stereocenters. The maximum atomic E-state index is 11.5. The molecule has 1 aliphatic carbocycles. The highest BCUT2D eigenvalue weighted by Gasteiger charge is 2.46. The van der Waals surface area contributed by atoms with Crippen LogP contribution >= 0.6 is 0 Å². The molecule has 1 heterocycles. The van der Waals surface area contributed by atoms with Crippen LogP contribution in [0, 0.1) is 10.8 Å². The molecule has 0 spiro atoms. The molecule has 0 unspecified atom stereocenters. The second-order valence-electron chi connectivity index (χ2n) is 7.32. The average molecular weight is 312 g/mol. The quantitative estimate of drug-likeness (QED) is 0.637. The molecule has 0 aromatic carbocycles. The Balaban J connectivity index is 1.85. The highest BCUT2D eigenvalue weighted by Crippen LogP contribution is 2.43. The number of hydrogen-bond acceptors (Lipinski definition) is 4. The highest BCUT2D eigenvalue weighted by molar-refractivity contribution is 5.76. The molecule has 2 N–H and O–H groups in total. The molecule has 0 bridgehead atoms. The van der Waals surface area contributed by atoms with Crippen LogP contribution in [-0.4, -0.2) is 62.4 Å². The zero-order chi connectivity index (χ0) is 16.1. The maximum Gasteiger partial charge on any atom is 0.310 e. The molecule has 2 aliphatic rings. The van der Waals surface area contributed by atoms with Crippen molar-refractivity contribution in [2.75, 3.05) is 46.4 Å². The van der Waals surface area contributed by atoms with Crippen molar-refractivity contribution >= 4 is 5.97 Å². The lowest BCUT2D eigenvalue weighted by Gasteiger charge is -2.46. The predicted molar refractivity (Wildman–Crippen MR) is 87.1 cm³/mol. The van der Waals surface area contributed by atoms with E-state index in [0.29, 0.717) is 0 Å². The van der Waals surface area contributed by atoms with Gasteiger partial charge < -0.3 is 20.1 Å². The van der Waals surface area contributed by atoms with Crippen LogP contribution in [-0.2, 0) is 9.53 Å². The number of carbonyl (C=O) groups is 1. The Bertz CT molecular complexity index is 361. The Labute approximate surface area is 134 Å². The summed E-state index contributed by atoms with van der Waals surface area (Å²) in [5, 5.41) is 13.0. The van der Waals surface area contributed by atoms with Gasteiger partial charge in [-0.05, 0) is 51.7 Å². The average Bonchev–Trinajstić information content (AvgIpc) is 2.45. The third-order valence-corrected chi connectivity index (χ3v) is 5.58. The molecule has 0 aromatic heterocycles. The summed E-state index contributed by atoms with van der Waals surface area (Å²) in [5.74, 6) is -0.600. The van der Waals surface area contributed by atoms with Gasteiger partial charge in [0.15, 0.2) is 0 Å². The lowest BCUT2D eigenvalue weighted by atomic mass is 9.68. The summed E-state index contributed by atoms with van der Waals surface area (Å²) in [5.41, 5.74) is -0.238. The van der Waals surface area contributed by atoms with E-state index < -0.39 is 11.4 Å². The van der Waals surface area contributed by atoms with Crippen LogP contribution in [0.25, 0.3) is 0 Å². The van der Waals surface area contributed by atoms with Crippen LogP contribution in [0.2, 0.25) is 0 Å². The van der Waals surface area contributed by atoms with Crippen molar-refractivity contribution in [2.45, 2.75) is 45.4 Å². The number of likely N-dealkylation sites (tertiary alicyclic amines) is 1. The molecule has 128 valence electrons. The van der Waals surface area contributed by atoms with Gasteiger partial charge in [0.2, 0.25) is 0 Å². The zero-order valence-electron chi connectivity index (χ0n) is 14.2. The van der Waals surface area contributed by atoms with Crippen molar-refractivity contribution in [3.8, 4) is 0 Å². The summed E-state index contributed by atoms with van der Waals surface area (Å²) in [6.07, 6.45) is 6.09. The summed E-state index contributed by atoms with van der Waals surface area (Å²) in [7, 11) is 1.78. The first kappa shape index (κ1) is 17.7. The van der Waals surface area contributed by atoms with Gasteiger partial charge in [0, 0.05) is 25.6 Å². The molecule has 1 saturated heterocycles. The summed E-state index contributed by atoms with van der Waals surface area (Å²) in [6, 6.07) is 0. The summed E-state index contributed by atoms with van der Waals surface area (Å²) >= 11 is 0. The number of carboxylic acid groups (broad SMARTS) is 1. The highest BCUT2D eigenvalue weighted by atomic mass is 16.5. The largest absolute Gasteiger partial charge is 0.481 e. The SMILES string of the molecule is CCCNCC1(COC)CCN(CC2(C(=O)O)CCC2)CC1. The summed E-state index contributed by atoms with van der Waals surface area (Å²) in [6.45, 7) is 7.75. The number of carboxylic acids is 1. The van der Waals surface area contributed by atoms with Gasteiger partial charge in [0.25, 0.3) is 0 Å². The van der Waals surface area contributed by atoms with Crippen LogP contribution in [0.5, 0.6) is 0 Å². The molecule has 0 radical (unpaired) electrons. The molecular weight excluding hydrogens is 280 g/mol. The molecule has 5 heteroatoms. The molecule has 22 heavy (non-hydrogen) atoms. The minimum Gasteiger partial charge on any atom is -0.481 e.